The van der Waals surface area contributed by atoms with Crippen LogP contribution < -0.4 is 0 Å². The van der Waals surface area contributed by atoms with E-state index in [-0.39, 0.29) is 17.8 Å². The van der Waals surface area contributed by atoms with Gasteiger partial charge in [0, 0.05) is 25.7 Å². The monoisotopic (exact) mass is 345 g/mol. The average molecular weight is 345 g/mol. The molecule has 5 nitrogen and oxygen atoms in total. The number of aryl methyl sites for hydroxylation is 2. The van der Waals surface area contributed by atoms with Crippen LogP contribution in [0.1, 0.15) is 41.4 Å². The molecule has 0 unspecified atom stereocenters. The minimum Gasteiger partial charge on any atom is -0.391 e. The minimum atomic E-state index is -0.570. The molecule has 2 aromatic rings. The number of likely N-dealkylation sites (tertiary alicyclic amines) is 1. The first-order valence-electron chi connectivity index (χ1n) is 8.59. The molecule has 1 saturated heterocycles. The summed E-state index contributed by atoms with van der Waals surface area (Å²) in [4.78, 5) is 14.4. The summed E-state index contributed by atoms with van der Waals surface area (Å²) >= 11 is 0. The lowest BCUT2D eigenvalue weighted by atomic mass is 10.0. The van der Waals surface area contributed by atoms with Crippen molar-refractivity contribution in [2.24, 2.45) is 7.05 Å². The van der Waals surface area contributed by atoms with Crippen LogP contribution in [0, 0.1) is 19.7 Å². The van der Waals surface area contributed by atoms with Gasteiger partial charge < -0.3 is 10.0 Å². The standard InChI is InChI=1S/C19H24FN3O2/c1-12-17(13(2)22(3)21-12)7-8-19(25)23-11-16(24)10-18(23)14-5-4-6-15(20)9-14/h4-6,9,16,18,24H,7-8,10-11H2,1-3H3/t16-,18-/m1/s1. The van der Waals surface area contributed by atoms with E-state index in [0.29, 0.717) is 25.8 Å². The Kier molecular flexibility index (Phi) is 4.90. The van der Waals surface area contributed by atoms with Crippen LogP contribution in [0.15, 0.2) is 24.3 Å². The van der Waals surface area contributed by atoms with Crippen LogP contribution in [0.2, 0.25) is 0 Å². The number of halogens is 1. The largest absolute Gasteiger partial charge is 0.391 e. The molecule has 0 saturated carbocycles. The van der Waals surface area contributed by atoms with Crippen molar-refractivity contribution in [1.29, 1.82) is 0 Å². The summed E-state index contributed by atoms with van der Waals surface area (Å²) in [6, 6.07) is 6.00. The molecule has 25 heavy (non-hydrogen) atoms. The number of aliphatic hydroxyl groups is 1. The highest BCUT2D eigenvalue weighted by molar-refractivity contribution is 5.77. The van der Waals surface area contributed by atoms with E-state index in [1.54, 1.807) is 11.0 Å². The van der Waals surface area contributed by atoms with Crippen LogP contribution in [0.4, 0.5) is 4.39 Å². The number of β-amino-alcohol motifs (C(OH)–C–C–N with tert-alkyl or cyclic N) is 1. The van der Waals surface area contributed by atoms with Crippen molar-refractivity contribution in [1.82, 2.24) is 14.7 Å². The van der Waals surface area contributed by atoms with E-state index in [4.69, 9.17) is 0 Å². The van der Waals surface area contributed by atoms with E-state index in [0.717, 1.165) is 22.5 Å². The number of benzene rings is 1. The first-order valence-corrected chi connectivity index (χ1v) is 8.59. The van der Waals surface area contributed by atoms with Gasteiger partial charge in [-0.25, -0.2) is 4.39 Å². The molecule has 1 aromatic heterocycles. The number of aromatic nitrogens is 2. The van der Waals surface area contributed by atoms with Gasteiger partial charge in [0.2, 0.25) is 5.91 Å². The molecule has 0 radical (unpaired) electrons. The lowest BCUT2D eigenvalue weighted by molar-refractivity contribution is -0.132. The molecule has 6 heteroatoms. The number of nitrogens with zero attached hydrogens (tertiary/aromatic N) is 3. The Balaban J connectivity index is 1.73. The Morgan fingerprint density at radius 1 is 1.40 bits per heavy atom. The van der Waals surface area contributed by atoms with Gasteiger partial charge in [-0.15, -0.1) is 0 Å². The molecule has 0 spiro atoms. The minimum absolute atomic E-state index is 0.0199. The zero-order valence-corrected chi connectivity index (χ0v) is 14.9. The molecule has 1 fully saturated rings. The van der Waals surface area contributed by atoms with Gasteiger partial charge >= 0.3 is 0 Å². The third kappa shape index (κ3) is 3.58. The normalized spacial score (nSPS) is 20.3. The van der Waals surface area contributed by atoms with Crippen molar-refractivity contribution < 1.29 is 14.3 Å². The number of carbonyl (C=O) groups is 1. The van der Waals surface area contributed by atoms with E-state index in [1.807, 2.05) is 31.6 Å². The summed E-state index contributed by atoms with van der Waals surface area (Å²) in [5.41, 5.74) is 3.83. The molecule has 1 amide bonds. The van der Waals surface area contributed by atoms with Gasteiger partial charge in [0.25, 0.3) is 0 Å². The van der Waals surface area contributed by atoms with E-state index in [1.165, 1.54) is 12.1 Å². The number of hydrogen-bond donors (Lipinski definition) is 1. The summed E-state index contributed by atoms with van der Waals surface area (Å²) in [5.74, 6) is -0.346. The number of rotatable bonds is 4. The summed E-state index contributed by atoms with van der Waals surface area (Å²) in [7, 11) is 1.89. The van der Waals surface area contributed by atoms with Crippen molar-refractivity contribution in [2.75, 3.05) is 6.54 Å². The van der Waals surface area contributed by atoms with Gasteiger partial charge in [-0.05, 0) is 49.9 Å². The predicted molar refractivity (Wildman–Crippen MR) is 92.5 cm³/mol. The number of aliphatic hydroxyl groups excluding tert-OH is 1. The third-order valence-corrected chi connectivity index (χ3v) is 5.08. The lowest BCUT2D eigenvalue weighted by Gasteiger charge is -2.25. The fraction of sp³-hybridized carbons (Fsp3) is 0.474. The second-order valence-electron chi connectivity index (χ2n) is 6.78. The van der Waals surface area contributed by atoms with Gasteiger partial charge in [0.15, 0.2) is 0 Å². The van der Waals surface area contributed by atoms with Crippen LogP contribution in [0.25, 0.3) is 0 Å². The molecule has 2 atom stereocenters. The lowest BCUT2D eigenvalue weighted by Crippen LogP contribution is -2.32. The Morgan fingerprint density at radius 2 is 2.16 bits per heavy atom. The van der Waals surface area contributed by atoms with Gasteiger partial charge in [0.1, 0.15) is 5.82 Å². The van der Waals surface area contributed by atoms with E-state index in [2.05, 4.69) is 5.10 Å². The highest BCUT2D eigenvalue weighted by atomic mass is 19.1. The summed E-state index contributed by atoms with van der Waals surface area (Å²) in [6.45, 7) is 4.24. The molecule has 2 heterocycles. The maximum atomic E-state index is 13.5. The van der Waals surface area contributed by atoms with Gasteiger partial charge in [-0.2, -0.15) is 5.10 Å². The molecular formula is C19H24FN3O2. The van der Waals surface area contributed by atoms with Crippen molar-refractivity contribution >= 4 is 5.91 Å². The molecule has 3 rings (SSSR count). The van der Waals surface area contributed by atoms with Crippen molar-refractivity contribution in [3.05, 3.63) is 52.6 Å². The Bertz CT molecular complexity index is 787. The Hall–Kier alpha value is -2.21. The van der Waals surface area contributed by atoms with E-state index < -0.39 is 6.10 Å². The maximum Gasteiger partial charge on any atom is 0.223 e. The maximum absolute atomic E-state index is 13.5. The SMILES string of the molecule is Cc1nn(C)c(C)c1CCC(=O)N1C[C@H](O)C[C@@H]1c1cccc(F)c1. The predicted octanol–water partition coefficient (Wildman–Crippen LogP) is 2.44. The smallest absolute Gasteiger partial charge is 0.223 e. The Morgan fingerprint density at radius 3 is 2.80 bits per heavy atom. The van der Waals surface area contributed by atoms with Gasteiger partial charge in [-0.1, -0.05) is 12.1 Å². The summed E-state index contributed by atoms with van der Waals surface area (Å²) < 4.78 is 15.4. The molecule has 0 aliphatic carbocycles. The fourth-order valence-electron chi connectivity index (χ4n) is 3.67. The molecule has 0 bridgehead atoms. The van der Waals surface area contributed by atoms with E-state index >= 15 is 0 Å². The summed E-state index contributed by atoms with van der Waals surface area (Å²) in [5, 5.41) is 14.4. The van der Waals surface area contributed by atoms with Gasteiger partial charge in [-0.3, -0.25) is 9.48 Å². The van der Waals surface area contributed by atoms with Crippen LogP contribution in [-0.2, 0) is 18.3 Å². The fourth-order valence-corrected chi connectivity index (χ4v) is 3.67. The van der Waals surface area contributed by atoms with Crippen LogP contribution in [0.3, 0.4) is 0 Å². The number of carbonyl (C=O) groups excluding carboxylic acids is 1. The zero-order chi connectivity index (χ0) is 18.1. The number of amides is 1. The average Bonchev–Trinajstić information content (AvgIpc) is 3.06. The quantitative estimate of drug-likeness (QED) is 0.926. The molecule has 1 N–H and O–H groups in total. The first-order chi connectivity index (χ1) is 11.9. The molecular weight excluding hydrogens is 321 g/mol. The highest BCUT2D eigenvalue weighted by Gasteiger charge is 2.35. The molecule has 1 aliphatic heterocycles. The second-order valence-corrected chi connectivity index (χ2v) is 6.78. The number of hydrogen-bond acceptors (Lipinski definition) is 3. The third-order valence-electron chi connectivity index (χ3n) is 5.08. The Labute approximate surface area is 147 Å². The van der Waals surface area contributed by atoms with Crippen LogP contribution in [0.5, 0.6) is 0 Å². The summed E-state index contributed by atoms with van der Waals surface area (Å²) in [6.07, 6.45) is 0.845. The molecule has 134 valence electrons. The van der Waals surface area contributed by atoms with Crippen LogP contribution in [-0.4, -0.2) is 38.3 Å². The second kappa shape index (κ2) is 6.96. The van der Waals surface area contributed by atoms with Crippen molar-refractivity contribution in [3.63, 3.8) is 0 Å². The molecule has 1 aromatic carbocycles. The van der Waals surface area contributed by atoms with Crippen LogP contribution >= 0.6 is 0 Å². The van der Waals surface area contributed by atoms with E-state index in [9.17, 15) is 14.3 Å². The zero-order valence-electron chi connectivity index (χ0n) is 14.9. The topological polar surface area (TPSA) is 58.4 Å². The van der Waals surface area contributed by atoms with Crippen molar-refractivity contribution in [2.45, 2.75) is 45.3 Å². The first kappa shape index (κ1) is 17.6. The van der Waals surface area contributed by atoms with Gasteiger partial charge in [0.05, 0.1) is 17.8 Å². The molecule has 1 aliphatic rings. The van der Waals surface area contributed by atoms with Crippen molar-refractivity contribution in [3.8, 4) is 0 Å². The highest BCUT2D eigenvalue weighted by Crippen LogP contribution is 2.33.